The van der Waals surface area contributed by atoms with E-state index in [9.17, 15) is 8.42 Å². The van der Waals surface area contributed by atoms with E-state index in [-0.39, 0.29) is 0 Å². The number of furan rings is 1. The molecule has 0 amide bonds. The minimum Gasteiger partial charge on any atom is -0.461 e. The van der Waals surface area contributed by atoms with Crippen molar-refractivity contribution in [2.24, 2.45) is 0 Å². The molecule has 0 saturated carbocycles. The third-order valence-corrected chi connectivity index (χ3v) is 3.67. The highest BCUT2D eigenvalue weighted by atomic mass is 32.2. The van der Waals surface area contributed by atoms with Crippen molar-refractivity contribution in [2.75, 3.05) is 6.26 Å². The van der Waals surface area contributed by atoms with Crippen molar-refractivity contribution in [3.05, 3.63) is 42.2 Å². The van der Waals surface area contributed by atoms with Crippen molar-refractivity contribution >= 4 is 9.84 Å². The van der Waals surface area contributed by atoms with E-state index in [1.807, 2.05) is 25.1 Å². The molecule has 0 aliphatic carbocycles. The van der Waals surface area contributed by atoms with Gasteiger partial charge in [-0.25, -0.2) is 8.42 Å². The first-order chi connectivity index (χ1) is 8.00. The highest BCUT2D eigenvalue weighted by Crippen LogP contribution is 2.24. The van der Waals surface area contributed by atoms with Crippen LogP contribution in [0.3, 0.4) is 0 Å². The Morgan fingerprint density at radius 1 is 1.18 bits per heavy atom. The highest BCUT2D eigenvalue weighted by Gasteiger charge is 2.10. The first-order valence-electron chi connectivity index (χ1n) is 5.40. The zero-order valence-electron chi connectivity index (χ0n) is 9.80. The smallest absolute Gasteiger partial charge is 0.175 e. The van der Waals surface area contributed by atoms with Gasteiger partial charge in [0.2, 0.25) is 0 Å². The standard InChI is InChI=1S/C13H14O3S/c1-3-11-7-8-13(16-11)10-5-4-6-12(9-10)17(2,14)15/h4-9H,3H2,1-2H3. The van der Waals surface area contributed by atoms with Crippen LogP contribution in [0, 0.1) is 0 Å². The first kappa shape index (κ1) is 11.9. The van der Waals surface area contributed by atoms with Gasteiger partial charge in [0, 0.05) is 18.2 Å². The molecular formula is C13H14O3S. The van der Waals surface area contributed by atoms with Gasteiger partial charge >= 0.3 is 0 Å². The number of benzene rings is 1. The van der Waals surface area contributed by atoms with Crippen molar-refractivity contribution in [3.63, 3.8) is 0 Å². The Morgan fingerprint density at radius 2 is 1.94 bits per heavy atom. The lowest BCUT2D eigenvalue weighted by Gasteiger charge is -2.01. The Hall–Kier alpha value is -1.55. The van der Waals surface area contributed by atoms with Crippen LogP contribution in [0.15, 0.2) is 45.7 Å². The van der Waals surface area contributed by atoms with Crippen molar-refractivity contribution in [2.45, 2.75) is 18.2 Å². The zero-order valence-corrected chi connectivity index (χ0v) is 10.6. The third-order valence-electron chi connectivity index (χ3n) is 2.56. The van der Waals surface area contributed by atoms with Gasteiger partial charge in [0.15, 0.2) is 9.84 Å². The molecule has 0 aliphatic heterocycles. The summed E-state index contributed by atoms with van der Waals surface area (Å²) in [4.78, 5) is 0.310. The van der Waals surface area contributed by atoms with Gasteiger partial charge in [-0.3, -0.25) is 0 Å². The molecule has 17 heavy (non-hydrogen) atoms. The molecule has 0 saturated heterocycles. The molecule has 0 aliphatic rings. The molecule has 3 nitrogen and oxygen atoms in total. The van der Waals surface area contributed by atoms with Crippen LogP contribution < -0.4 is 0 Å². The Bertz CT molecular complexity index is 624. The van der Waals surface area contributed by atoms with Crippen molar-refractivity contribution in [1.29, 1.82) is 0 Å². The van der Waals surface area contributed by atoms with E-state index in [0.29, 0.717) is 10.7 Å². The summed E-state index contributed by atoms with van der Waals surface area (Å²) in [6.07, 6.45) is 2.03. The SMILES string of the molecule is CCc1ccc(-c2cccc(S(C)(=O)=O)c2)o1. The zero-order chi connectivity index (χ0) is 12.5. The average Bonchev–Trinajstić information content (AvgIpc) is 2.76. The fourth-order valence-corrected chi connectivity index (χ4v) is 2.27. The normalized spacial score (nSPS) is 11.6. The summed E-state index contributed by atoms with van der Waals surface area (Å²) in [5.41, 5.74) is 0.785. The summed E-state index contributed by atoms with van der Waals surface area (Å²) >= 11 is 0. The highest BCUT2D eigenvalue weighted by molar-refractivity contribution is 7.90. The number of hydrogen-bond donors (Lipinski definition) is 0. The van der Waals surface area contributed by atoms with Crippen LogP contribution in [-0.4, -0.2) is 14.7 Å². The summed E-state index contributed by atoms with van der Waals surface area (Å²) in [5.74, 6) is 1.59. The van der Waals surface area contributed by atoms with Crippen LogP contribution in [0.1, 0.15) is 12.7 Å². The molecule has 0 fully saturated rings. The van der Waals surface area contributed by atoms with Crippen LogP contribution in [0.4, 0.5) is 0 Å². The molecule has 2 aromatic rings. The minimum atomic E-state index is -3.17. The summed E-state index contributed by atoms with van der Waals surface area (Å²) < 4.78 is 28.5. The molecule has 0 spiro atoms. The maximum absolute atomic E-state index is 11.4. The molecule has 0 N–H and O–H groups in total. The fraction of sp³-hybridized carbons (Fsp3) is 0.231. The van der Waals surface area contributed by atoms with Crippen molar-refractivity contribution in [3.8, 4) is 11.3 Å². The van der Waals surface area contributed by atoms with Gasteiger partial charge in [-0.15, -0.1) is 0 Å². The molecule has 0 bridgehead atoms. The van der Waals surface area contributed by atoms with Gasteiger partial charge in [-0.2, -0.15) is 0 Å². The van der Waals surface area contributed by atoms with Crippen LogP contribution >= 0.6 is 0 Å². The lowest BCUT2D eigenvalue weighted by molar-refractivity contribution is 0.529. The van der Waals surface area contributed by atoms with Gasteiger partial charge in [0.05, 0.1) is 4.90 Å². The largest absolute Gasteiger partial charge is 0.461 e. The van der Waals surface area contributed by atoms with E-state index in [0.717, 1.165) is 17.7 Å². The number of hydrogen-bond acceptors (Lipinski definition) is 3. The number of rotatable bonds is 3. The monoisotopic (exact) mass is 250 g/mol. The molecule has 4 heteroatoms. The van der Waals surface area contributed by atoms with Crippen molar-refractivity contribution in [1.82, 2.24) is 0 Å². The maximum atomic E-state index is 11.4. The van der Waals surface area contributed by atoms with E-state index in [1.165, 1.54) is 6.26 Å². The van der Waals surface area contributed by atoms with Crippen molar-refractivity contribution < 1.29 is 12.8 Å². The second kappa shape index (κ2) is 4.37. The average molecular weight is 250 g/mol. The fourth-order valence-electron chi connectivity index (χ4n) is 1.60. The molecule has 1 heterocycles. The van der Waals surface area contributed by atoms with Crippen LogP contribution in [0.2, 0.25) is 0 Å². The lowest BCUT2D eigenvalue weighted by Crippen LogP contribution is -1.96. The number of aryl methyl sites for hydroxylation is 1. The van der Waals surface area contributed by atoms with Crippen LogP contribution in [-0.2, 0) is 16.3 Å². The molecule has 90 valence electrons. The summed E-state index contributed by atoms with van der Waals surface area (Å²) in [5, 5.41) is 0. The molecule has 1 aromatic heterocycles. The van der Waals surface area contributed by atoms with Crippen LogP contribution in [0.25, 0.3) is 11.3 Å². The third kappa shape index (κ3) is 2.58. The molecule has 0 radical (unpaired) electrons. The van der Waals surface area contributed by atoms with Gasteiger partial charge in [0.1, 0.15) is 11.5 Å². The summed E-state index contributed by atoms with van der Waals surface area (Å²) in [6, 6.07) is 10.5. The van der Waals surface area contributed by atoms with E-state index in [1.54, 1.807) is 18.2 Å². The topological polar surface area (TPSA) is 47.3 Å². The quantitative estimate of drug-likeness (QED) is 0.841. The predicted molar refractivity (Wildman–Crippen MR) is 66.6 cm³/mol. The Morgan fingerprint density at radius 3 is 2.53 bits per heavy atom. The molecule has 1 aromatic carbocycles. The van der Waals surface area contributed by atoms with E-state index < -0.39 is 9.84 Å². The van der Waals surface area contributed by atoms with Crippen LogP contribution in [0.5, 0.6) is 0 Å². The Balaban J connectivity index is 2.46. The van der Waals surface area contributed by atoms with Gasteiger partial charge < -0.3 is 4.42 Å². The Labute approximate surface area is 101 Å². The van der Waals surface area contributed by atoms with Gasteiger partial charge in [-0.05, 0) is 24.3 Å². The summed E-state index contributed by atoms with van der Waals surface area (Å²) in [6.45, 7) is 2.01. The molecular weight excluding hydrogens is 236 g/mol. The molecule has 0 atom stereocenters. The van der Waals surface area contributed by atoms with E-state index in [4.69, 9.17) is 4.42 Å². The second-order valence-electron chi connectivity index (χ2n) is 3.92. The minimum absolute atomic E-state index is 0.310. The first-order valence-corrected chi connectivity index (χ1v) is 7.29. The van der Waals surface area contributed by atoms with E-state index in [2.05, 4.69) is 0 Å². The molecule has 0 unspecified atom stereocenters. The van der Waals surface area contributed by atoms with E-state index >= 15 is 0 Å². The second-order valence-corrected chi connectivity index (χ2v) is 5.94. The lowest BCUT2D eigenvalue weighted by atomic mass is 10.2. The van der Waals surface area contributed by atoms with Gasteiger partial charge in [-0.1, -0.05) is 19.1 Å². The Kier molecular flexibility index (Phi) is 3.07. The van der Waals surface area contributed by atoms with Gasteiger partial charge in [0.25, 0.3) is 0 Å². The number of sulfone groups is 1. The predicted octanol–water partition coefficient (Wildman–Crippen LogP) is 2.91. The maximum Gasteiger partial charge on any atom is 0.175 e. The molecule has 2 rings (SSSR count). The summed E-state index contributed by atoms with van der Waals surface area (Å²) in [7, 11) is -3.17.